The monoisotopic (exact) mass is 452 g/mol. The molecule has 8 nitrogen and oxygen atoms in total. The van der Waals surface area contributed by atoms with Gasteiger partial charge in [-0.05, 0) is 49.2 Å². The van der Waals surface area contributed by atoms with Gasteiger partial charge in [-0.3, -0.25) is 14.5 Å². The number of aliphatic hydroxyl groups is 1. The third kappa shape index (κ3) is 4.16. The third-order valence-corrected chi connectivity index (χ3v) is 6.50. The molecule has 1 amide bonds. The highest BCUT2D eigenvalue weighted by Gasteiger charge is 2.47. The van der Waals surface area contributed by atoms with E-state index in [0.717, 1.165) is 37.4 Å². The van der Waals surface area contributed by atoms with Gasteiger partial charge in [0.25, 0.3) is 11.7 Å². The van der Waals surface area contributed by atoms with Crippen LogP contribution < -0.4 is 4.74 Å². The molecule has 3 aliphatic heterocycles. The number of aliphatic hydroxyl groups excluding tert-OH is 1. The Labute approximate surface area is 192 Å². The molecular weight excluding hydrogens is 424 g/mol. The van der Waals surface area contributed by atoms with E-state index in [0.29, 0.717) is 37.5 Å². The van der Waals surface area contributed by atoms with Gasteiger partial charge < -0.3 is 23.9 Å². The van der Waals surface area contributed by atoms with E-state index < -0.39 is 17.7 Å². The first-order valence-corrected chi connectivity index (χ1v) is 11.4. The van der Waals surface area contributed by atoms with Crippen molar-refractivity contribution in [2.45, 2.75) is 31.9 Å². The van der Waals surface area contributed by atoms with Crippen molar-refractivity contribution >= 4 is 17.4 Å². The Morgan fingerprint density at radius 3 is 2.73 bits per heavy atom. The lowest BCUT2D eigenvalue weighted by atomic mass is 9.97. The predicted octanol–water partition coefficient (Wildman–Crippen LogP) is 2.75. The second-order valence-corrected chi connectivity index (χ2v) is 8.77. The Kier molecular flexibility index (Phi) is 5.95. The summed E-state index contributed by atoms with van der Waals surface area (Å²) in [5.74, 6) is -0.248. The number of rotatable bonds is 6. The van der Waals surface area contributed by atoms with Crippen molar-refractivity contribution < 1.29 is 28.6 Å². The Hall–Kier alpha value is -3.10. The van der Waals surface area contributed by atoms with Gasteiger partial charge in [-0.15, -0.1) is 0 Å². The lowest BCUT2D eigenvalue weighted by Gasteiger charge is -2.28. The van der Waals surface area contributed by atoms with E-state index in [1.54, 1.807) is 24.3 Å². The molecule has 2 aromatic rings. The fraction of sp³-hybridized carbons (Fsp3) is 0.440. The molecule has 0 spiro atoms. The van der Waals surface area contributed by atoms with E-state index in [9.17, 15) is 14.7 Å². The van der Waals surface area contributed by atoms with Gasteiger partial charge in [0.15, 0.2) is 0 Å². The number of carbonyl (C=O) groups is 2. The van der Waals surface area contributed by atoms with E-state index in [1.165, 1.54) is 11.2 Å². The number of morpholine rings is 1. The maximum absolute atomic E-state index is 13.1. The number of Topliss-reactive ketones (excluding diaryl/α,β-unsaturated/α-hetero) is 1. The largest absolute Gasteiger partial charge is 0.507 e. The van der Waals surface area contributed by atoms with Crippen molar-refractivity contribution in [2.24, 2.45) is 0 Å². The molecule has 0 bridgehead atoms. The molecule has 1 aromatic heterocycles. The molecule has 2 fully saturated rings. The fourth-order valence-electron chi connectivity index (χ4n) is 4.87. The number of ether oxygens (including phenoxy) is 2. The number of furan rings is 1. The first-order chi connectivity index (χ1) is 16.0. The van der Waals surface area contributed by atoms with E-state index in [-0.39, 0.29) is 17.4 Å². The van der Waals surface area contributed by atoms with Crippen LogP contribution in [0.5, 0.6) is 5.75 Å². The Balaban J connectivity index is 1.44. The zero-order chi connectivity index (χ0) is 22.9. The van der Waals surface area contributed by atoms with Crippen molar-refractivity contribution in [2.75, 3.05) is 39.4 Å². The number of hydrogen-bond donors (Lipinski definition) is 1. The summed E-state index contributed by atoms with van der Waals surface area (Å²) in [4.78, 5) is 29.9. The molecule has 5 rings (SSSR count). The summed E-state index contributed by atoms with van der Waals surface area (Å²) in [6.45, 7) is 6.32. The van der Waals surface area contributed by atoms with Gasteiger partial charge >= 0.3 is 0 Å². The molecule has 4 heterocycles. The van der Waals surface area contributed by atoms with Crippen LogP contribution in [0.4, 0.5) is 0 Å². The van der Waals surface area contributed by atoms with Crippen molar-refractivity contribution in [1.29, 1.82) is 0 Å². The molecule has 0 saturated carbocycles. The van der Waals surface area contributed by atoms with Crippen LogP contribution in [0.1, 0.15) is 36.3 Å². The lowest BCUT2D eigenvalue weighted by Crippen LogP contribution is -2.38. The molecule has 1 aromatic carbocycles. The van der Waals surface area contributed by atoms with Gasteiger partial charge in [-0.25, -0.2) is 0 Å². The second-order valence-electron chi connectivity index (χ2n) is 8.77. The van der Waals surface area contributed by atoms with Crippen LogP contribution in [-0.4, -0.2) is 72.1 Å². The number of carbonyl (C=O) groups excluding carboxylic acids is 2. The summed E-state index contributed by atoms with van der Waals surface area (Å²) in [6, 6.07) is 8.05. The summed E-state index contributed by atoms with van der Waals surface area (Å²) in [7, 11) is 0. The van der Waals surface area contributed by atoms with Crippen LogP contribution in [0, 0.1) is 0 Å². The molecule has 3 aliphatic rings. The molecule has 0 radical (unpaired) electrons. The van der Waals surface area contributed by atoms with E-state index in [1.807, 2.05) is 13.0 Å². The summed E-state index contributed by atoms with van der Waals surface area (Å²) in [5, 5.41) is 11.2. The van der Waals surface area contributed by atoms with E-state index in [2.05, 4.69) is 4.90 Å². The summed E-state index contributed by atoms with van der Waals surface area (Å²) in [6.07, 6.45) is 3.02. The molecule has 2 unspecified atom stereocenters. The highest BCUT2D eigenvalue weighted by atomic mass is 16.5. The minimum absolute atomic E-state index is 0.0632. The maximum Gasteiger partial charge on any atom is 0.295 e. The van der Waals surface area contributed by atoms with E-state index >= 15 is 0 Å². The minimum atomic E-state index is -0.756. The number of likely N-dealkylation sites (tertiary alicyclic amines) is 1. The maximum atomic E-state index is 13.1. The molecule has 33 heavy (non-hydrogen) atoms. The quantitative estimate of drug-likeness (QED) is 0.409. The molecule has 1 N–H and O–H groups in total. The fourth-order valence-corrected chi connectivity index (χ4v) is 4.87. The van der Waals surface area contributed by atoms with Crippen molar-refractivity contribution in [3.63, 3.8) is 0 Å². The van der Waals surface area contributed by atoms with Gasteiger partial charge in [-0.1, -0.05) is 0 Å². The van der Waals surface area contributed by atoms with Crippen LogP contribution in [0.2, 0.25) is 0 Å². The molecule has 2 saturated heterocycles. The zero-order valence-corrected chi connectivity index (χ0v) is 18.7. The molecule has 0 aliphatic carbocycles. The normalized spacial score (nSPS) is 24.8. The van der Waals surface area contributed by atoms with Crippen LogP contribution >= 0.6 is 0 Å². The van der Waals surface area contributed by atoms with Gasteiger partial charge in [0.1, 0.15) is 29.4 Å². The third-order valence-electron chi connectivity index (χ3n) is 6.50. The van der Waals surface area contributed by atoms with Crippen molar-refractivity contribution in [1.82, 2.24) is 9.80 Å². The molecule has 174 valence electrons. The van der Waals surface area contributed by atoms with Crippen molar-refractivity contribution in [3.05, 3.63) is 59.1 Å². The van der Waals surface area contributed by atoms with Crippen molar-refractivity contribution in [3.8, 4) is 5.75 Å². The number of benzene rings is 1. The highest BCUT2D eigenvalue weighted by Crippen LogP contribution is 2.40. The topological polar surface area (TPSA) is 92.5 Å². The highest BCUT2D eigenvalue weighted by molar-refractivity contribution is 6.46. The number of fused-ring (bicyclic) bond motifs is 1. The van der Waals surface area contributed by atoms with Crippen LogP contribution in [0.15, 0.2) is 46.6 Å². The first-order valence-electron chi connectivity index (χ1n) is 11.4. The van der Waals surface area contributed by atoms with Crippen LogP contribution in [0.25, 0.3) is 5.76 Å². The first kappa shape index (κ1) is 21.7. The zero-order valence-electron chi connectivity index (χ0n) is 18.7. The SMILES string of the molecule is CC1Cc2cc(C(O)=C3C(=O)C(=O)N(CCCN4CCOCC4)C3c3ccco3)ccc2O1. The van der Waals surface area contributed by atoms with Gasteiger partial charge in [-0.2, -0.15) is 0 Å². The Morgan fingerprint density at radius 2 is 1.97 bits per heavy atom. The number of nitrogens with zero attached hydrogens (tertiary/aromatic N) is 2. The van der Waals surface area contributed by atoms with Gasteiger partial charge in [0.05, 0.1) is 25.1 Å². The summed E-state index contributed by atoms with van der Waals surface area (Å²) >= 11 is 0. The molecular formula is C25H28N2O6. The Bertz CT molecular complexity index is 1070. The Morgan fingerprint density at radius 1 is 1.15 bits per heavy atom. The standard InChI is InChI=1S/C25H28N2O6/c1-16-14-18-15-17(5-6-19(18)33-16)23(28)21-22(20-4-2-11-32-20)27(25(30)24(21)29)8-3-7-26-9-12-31-13-10-26/h2,4-6,11,15-16,22,28H,3,7-10,12-14H2,1H3. The van der Waals surface area contributed by atoms with Crippen LogP contribution in [0.3, 0.4) is 0 Å². The number of amides is 1. The second kappa shape index (κ2) is 9.03. The number of ketones is 1. The molecule has 2 atom stereocenters. The van der Waals surface area contributed by atoms with Crippen LogP contribution in [-0.2, 0) is 20.7 Å². The predicted molar refractivity (Wildman–Crippen MR) is 120 cm³/mol. The number of hydrogen-bond acceptors (Lipinski definition) is 7. The van der Waals surface area contributed by atoms with E-state index in [4.69, 9.17) is 13.9 Å². The summed E-state index contributed by atoms with van der Waals surface area (Å²) in [5.41, 5.74) is 1.53. The minimum Gasteiger partial charge on any atom is -0.507 e. The molecule has 8 heteroatoms. The van der Waals surface area contributed by atoms with Gasteiger partial charge in [0.2, 0.25) is 0 Å². The smallest absolute Gasteiger partial charge is 0.295 e. The summed E-state index contributed by atoms with van der Waals surface area (Å²) < 4.78 is 16.7. The average molecular weight is 453 g/mol. The average Bonchev–Trinajstić information content (AvgIpc) is 3.53. The van der Waals surface area contributed by atoms with Gasteiger partial charge in [0, 0.05) is 38.2 Å². The lowest BCUT2D eigenvalue weighted by molar-refractivity contribution is -0.140.